The molecule has 1 aromatic carbocycles. The van der Waals surface area contributed by atoms with Crippen molar-refractivity contribution < 1.29 is 19.2 Å². The number of nitro benzene ring substituents is 1. The van der Waals surface area contributed by atoms with E-state index in [0.29, 0.717) is 10.2 Å². The molecule has 0 N–H and O–H groups in total. The van der Waals surface area contributed by atoms with Gasteiger partial charge in [0.05, 0.1) is 24.2 Å². The highest BCUT2D eigenvalue weighted by molar-refractivity contribution is 9.10. The first kappa shape index (κ1) is 15.2. The predicted molar refractivity (Wildman–Crippen MR) is 73.0 cm³/mol. The molecule has 0 unspecified atom stereocenters. The van der Waals surface area contributed by atoms with Crippen molar-refractivity contribution in [3.63, 3.8) is 0 Å². The van der Waals surface area contributed by atoms with Gasteiger partial charge in [0.25, 0.3) is 5.69 Å². The fourth-order valence-electron chi connectivity index (χ4n) is 1.41. The SMILES string of the molecule is CCOC(=O)/C=C/c1c(OC)cc(Br)cc1[N+](=O)[O-]. The maximum Gasteiger partial charge on any atom is 0.330 e. The molecule has 0 saturated carbocycles. The zero-order chi connectivity index (χ0) is 14.4. The zero-order valence-electron chi connectivity index (χ0n) is 10.4. The maximum absolute atomic E-state index is 11.2. The number of hydrogen-bond acceptors (Lipinski definition) is 5. The molecule has 0 aromatic heterocycles. The molecule has 0 aliphatic heterocycles. The van der Waals surface area contributed by atoms with Gasteiger partial charge in [-0.3, -0.25) is 10.1 Å². The second-order valence-electron chi connectivity index (χ2n) is 3.38. The van der Waals surface area contributed by atoms with E-state index in [-0.39, 0.29) is 17.9 Å². The molecule has 0 aliphatic rings. The summed E-state index contributed by atoms with van der Waals surface area (Å²) in [4.78, 5) is 21.7. The summed E-state index contributed by atoms with van der Waals surface area (Å²) in [6.07, 6.45) is 2.43. The van der Waals surface area contributed by atoms with Gasteiger partial charge in [0.2, 0.25) is 0 Å². The van der Waals surface area contributed by atoms with Crippen LogP contribution in [0.2, 0.25) is 0 Å². The summed E-state index contributed by atoms with van der Waals surface area (Å²) < 4.78 is 10.3. The number of benzene rings is 1. The Morgan fingerprint density at radius 2 is 2.21 bits per heavy atom. The molecule has 1 aromatic rings. The molecule has 6 nitrogen and oxygen atoms in total. The van der Waals surface area contributed by atoms with Gasteiger partial charge < -0.3 is 9.47 Å². The van der Waals surface area contributed by atoms with Gasteiger partial charge in [-0.15, -0.1) is 0 Å². The Kier molecular flexibility index (Phi) is 5.50. The fourth-order valence-corrected chi connectivity index (χ4v) is 1.83. The number of carbonyl (C=O) groups excluding carboxylic acids is 1. The van der Waals surface area contributed by atoms with Crippen LogP contribution in [0.1, 0.15) is 12.5 Å². The molecule has 0 saturated heterocycles. The lowest BCUT2D eigenvalue weighted by Gasteiger charge is -2.06. The second-order valence-corrected chi connectivity index (χ2v) is 4.30. The summed E-state index contributed by atoms with van der Waals surface area (Å²) in [5.74, 6) is -0.275. The van der Waals surface area contributed by atoms with E-state index in [9.17, 15) is 14.9 Å². The van der Waals surface area contributed by atoms with Gasteiger partial charge in [0, 0.05) is 16.6 Å². The first-order valence-corrected chi connectivity index (χ1v) is 6.15. The number of methoxy groups -OCH3 is 1. The van der Waals surface area contributed by atoms with Crippen LogP contribution in [-0.2, 0) is 9.53 Å². The van der Waals surface area contributed by atoms with E-state index >= 15 is 0 Å². The number of ether oxygens (including phenoxy) is 2. The van der Waals surface area contributed by atoms with Crippen LogP contribution in [0.15, 0.2) is 22.7 Å². The third kappa shape index (κ3) is 4.06. The maximum atomic E-state index is 11.2. The van der Waals surface area contributed by atoms with Crippen LogP contribution < -0.4 is 4.74 Å². The van der Waals surface area contributed by atoms with E-state index < -0.39 is 10.9 Å². The van der Waals surface area contributed by atoms with E-state index in [4.69, 9.17) is 9.47 Å². The Balaban J connectivity index is 3.23. The number of rotatable bonds is 5. The normalized spacial score (nSPS) is 10.5. The molecule has 0 radical (unpaired) electrons. The summed E-state index contributed by atoms with van der Waals surface area (Å²) in [5, 5.41) is 11.0. The minimum atomic E-state index is -0.568. The van der Waals surface area contributed by atoms with Crippen LogP contribution in [0.5, 0.6) is 5.75 Å². The molecule has 0 aliphatic carbocycles. The third-order valence-corrected chi connectivity index (χ3v) is 2.63. The average Bonchev–Trinajstić information content (AvgIpc) is 2.36. The molecular formula is C12H12BrNO5. The molecular weight excluding hydrogens is 318 g/mol. The van der Waals surface area contributed by atoms with Gasteiger partial charge in [-0.05, 0) is 19.1 Å². The highest BCUT2D eigenvalue weighted by atomic mass is 79.9. The van der Waals surface area contributed by atoms with E-state index in [1.807, 2.05) is 0 Å². The zero-order valence-corrected chi connectivity index (χ0v) is 12.0. The summed E-state index contributed by atoms with van der Waals surface area (Å²) in [7, 11) is 1.40. The van der Waals surface area contributed by atoms with Crippen molar-refractivity contribution >= 4 is 33.7 Å². The molecule has 1 rings (SSSR count). The summed E-state index contributed by atoms with van der Waals surface area (Å²) in [6.45, 7) is 1.91. The van der Waals surface area contributed by atoms with Crippen molar-refractivity contribution in [3.05, 3.63) is 38.4 Å². The van der Waals surface area contributed by atoms with E-state index in [1.54, 1.807) is 13.0 Å². The van der Waals surface area contributed by atoms with Crippen molar-refractivity contribution in [2.75, 3.05) is 13.7 Å². The second kappa shape index (κ2) is 6.89. The number of hydrogen-bond donors (Lipinski definition) is 0. The van der Waals surface area contributed by atoms with Gasteiger partial charge in [0.15, 0.2) is 0 Å². The average molecular weight is 330 g/mol. The van der Waals surface area contributed by atoms with Gasteiger partial charge >= 0.3 is 5.97 Å². The van der Waals surface area contributed by atoms with E-state index in [1.165, 1.54) is 19.3 Å². The first-order chi connectivity index (χ1) is 8.99. The van der Waals surface area contributed by atoms with Crippen LogP contribution in [0.25, 0.3) is 6.08 Å². The Morgan fingerprint density at radius 1 is 1.53 bits per heavy atom. The molecule has 0 bridgehead atoms. The van der Waals surface area contributed by atoms with Gasteiger partial charge in [0.1, 0.15) is 5.75 Å². The van der Waals surface area contributed by atoms with Gasteiger partial charge in [-0.25, -0.2) is 4.79 Å². The number of nitrogens with zero attached hydrogens (tertiary/aromatic N) is 1. The molecule has 19 heavy (non-hydrogen) atoms. The third-order valence-electron chi connectivity index (χ3n) is 2.17. The lowest BCUT2D eigenvalue weighted by molar-refractivity contribution is -0.385. The fraction of sp³-hybridized carbons (Fsp3) is 0.250. The van der Waals surface area contributed by atoms with Crippen molar-refractivity contribution in [2.24, 2.45) is 0 Å². The van der Waals surface area contributed by atoms with E-state index in [0.717, 1.165) is 6.08 Å². The van der Waals surface area contributed by atoms with E-state index in [2.05, 4.69) is 15.9 Å². The summed E-state index contributed by atoms with van der Waals surface area (Å²) in [6, 6.07) is 2.92. The van der Waals surface area contributed by atoms with Crippen molar-refractivity contribution in [1.82, 2.24) is 0 Å². The highest BCUT2D eigenvalue weighted by Gasteiger charge is 2.18. The Labute approximate surface area is 118 Å². The molecule has 0 atom stereocenters. The van der Waals surface area contributed by atoms with Crippen LogP contribution in [0.4, 0.5) is 5.69 Å². The Hall–Kier alpha value is -1.89. The molecule has 102 valence electrons. The van der Waals surface area contributed by atoms with Gasteiger partial charge in [-0.2, -0.15) is 0 Å². The number of carbonyl (C=O) groups is 1. The summed E-state index contributed by atoms with van der Waals surface area (Å²) in [5.41, 5.74) is 0.0514. The Bertz CT molecular complexity index is 527. The van der Waals surface area contributed by atoms with Crippen LogP contribution >= 0.6 is 15.9 Å². The minimum Gasteiger partial charge on any atom is -0.496 e. The van der Waals surface area contributed by atoms with Crippen molar-refractivity contribution in [1.29, 1.82) is 0 Å². The van der Waals surface area contributed by atoms with Crippen LogP contribution in [0, 0.1) is 10.1 Å². The first-order valence-electron chi connectivity index (χ1n) is 5.36. The van der Waals surface area contributed by atoms with Crippen molar-refractivity contribution in [2.45, 2.75) is 6.92 Å². The van der Waals surface area contributed by atoms with Crippen molar-refractivity contribution in [3.8, 4) is 5.75 Å². The largest absolute Gasteiger partial charge is 0.496 e. The Morgan fingerprint density at radius 3 is 2.74 bits per heavy atom. The molecule has 0 heterocycles. The number of nitro groups is 1. The van der Waals surface area contributed by atoms with Gasteiger partial charge in [-0.1, -0.05) is 15.9 Å². The number of halogens is 1. The quantitative estimate of drug-likeness (QED) is 0.359. The number of esters is 1. The predicted octanol–water partition coefficient (Wildman–Crippen LogP) is 2.94. The smallest absolute Gasteiger partial charge is 0.330 e. The van der Waals surface area contributed by atoms with Crippen LogP contribution in [0.3, 0.4) is 0 Å². The lowest BCUT2D eigenvalue weighted by Crippen LogP contribution is -2.00. The minimum absolute atomic E-state index is 0.160. The molecule has 0 spiro atoms. The summed E-state index contributed by atoms with van der Waals surface area (Å²) >= 11 is 3.16. The topological polar surface area (TPSA) is 78.7 Å². The molecule has 7 heteroatoms. The molecule has 0 fully saturated rings. The standard InChI is InChI=1S/C12H12BrNO5/c1-3-19-12(15)5-4-9-10(14(16)17)6-8(13)7-11(9)18-2/h4-7H,3H2,1-2H3/b5-4+. The lowest BCUT2D eigenvalue weighted by atomic mass is 10.1. The monoisotopic (exact) mass is 329 g/mol. The highest BCUT2D eigenvalue weighted by Crippen LogP contribution is 2.33. The molecule has 0 amide bonds. The van der Waals surface area contributed by atoms with Crippen LogP contribution in [-0.4, -0.2) is 24.6 Å².